The summed E-state index contributed by atoms with van der Waals surface area (Å²) in [4.78, 5) is 4.85. The summed E-state index contributed by atoms with van der Waals surface area (Å²) in [5.74, 6) is 0. The highest BCUT2D eigenvalue weighted by Gasteiger charge is 2.30. The number of nitrogens with zero attached hydrogens (tertiary/aromatic N) is 2. The van der Waals surface area contributed by atoms with E-state index < -0.39 is 0 Å². The second kappa shape index (κ2) is 3.53. The molecular formula is C17H18N2. The van der Waals surface area contributed by atoms with Crippen LogP contribution < -0.4 is 20.2 Å². The van der Waals surface area contributed by atoms with Crippen LogP contribution in [0.25, 0.3) is 11.1 Å². The predicted octanol–water partition coefficient (Wildman–Crippen LogP) is 2.10. The lowest BCUT2D eigenvalue weighted by Crippen LogP contribution is -2.49. The van der Waals surface area contributed by atoms with Gasteiger partial charge in [-0.15, -0.1) is 0 Å². The van der Waals surface area contributed by atoms with Gasteiger partial charge in [0.2, 0.25) is 0 Å². The van der Waals surface area contributed by atoms with Gasteiger partial charge in [0.25, 0.3) is 0 Å². The van der Waals surface area contributed by atoms with Gasteiger partial charge in [0.1, 0.15) is 0 Å². The molecule has 0 aliphatic carbocycles. The molecule has 2 heteroatoms. The van der Waals surface area contributed by atoms with Gasteiger partial charge in [0.15, 0.2) is 0 Å². The standard InChI is InChI=1S/C17H18N2/c1-11-6-8-18-10-13(3)19-9-7-12(2)15-5-4-14(11)16(18)17(15)19/h4-9,13H,10H2,1-3H3. The summed E-state index contributed by atoms with van der Waals surface area (Å²) in [7, 11) is 0. The Kier molecular flexibility index (Phi) is 2.03. The number of allylic oxidation sites excluding steroid dienone is 2. The van der Waals surface area contributed by atoms with Crippen molar-refractivity contribution in [3.8, 4) is 0 Å². The van der Waals surface area contributed by atoms with Crippen LogP contribution in [0.4, 0.5) is 11.4 Å². The molecular weight excluding hydrogens is 232 g/mol. The molecule has 0 bridgehead atoms. The second-order valence-corrected chi connectivity index (χ2v) is 5.76. The number of rotatable bonds is 0. The maximum Gasteiger partial charge on any atom is 0.0733 e. The minimum atomic E-state index is 0.508. The van der Waals surface area contributed by atoms with Crippen LogP contribution in [-0.2, 0) is 0 Å². The van der Waals surface area contributed by atoms with Crippen LogP contribution in [-0.4, -0.2) is 12.6 Å². The highest BCUT2D eigenvalue weighted by molar-refractivity contribution is 5.86. The van der Waals surface area contributed by atoms with Gasteiger partial charge in [0.05, 0.1) is 11.4 Å². The third-order valence-corrected chi connectivity index (χ3v) is 4.47. The first-order valence-electron chi connectivity index (χ1n) is 6.93. The highest BCUT2D eigenvalue weighted by Crippen LogP contribution is 2.34. The van der Waals surface area contributed by atoms with E-state index in [1.165, 1.54) is 33.0 Å². The SMILES string of the molecule is CC1=c2ccc3c4c2N(C=C1)CC(C)N4C=CC=3C. The zero-order valence-corrected chi connectivity index (χ0v) is 11.6. The summed E-state index contributed by atoms with van der Waals surface area (Å²) in [6.45, 7) is 7.74. The molecule has 0 fully saturated rings. The highest BCUT2D eigenvalue weighted by atomic mass is 15.3. The molecule has 0 spiro atoms. The van der Waals surface area contributed by atoms with E-state index in [0.717, 1.165) is 6.54 Å². The van der Waals surface area contributed by atoms with Crippen LogP contribution in [0.15, 0.2) is 36.7 Å². The summed E-state index contributed by atoms with van der Waals surface area (Å²) in [6, 6.07) is 5.06. The van der Waals surface area contributed by atoms with Crippen LogP contribution in [0, 0.1) is 0 Å². The van der Waals surface area contributed by atoms with Gasteiger partial charge in [-0.2, -0.15) is 0 Å². The molecule has 3 heterocycles. The van der Waals surface area contributed by atoms with Gasteiger partial charge in [0, 0.05) is 35.4 Å². The Labute approximate surface area is 113 Å². The molecule has 96 valence electrons. The molecule has 1 aromatic carbocycles. The molecule has 0 saturated carbocycles. The van der Waals surface area contributed by atoms with E-state index in [4.69, 9.17) is 0 Å². The quantitative estimate of drug-likeness (QED) is 0.696. The number of benzene rings is 1. The normalized spacial score (nSPS) is 23.0. The van der Waals surface area contributed by atoms with Crippen molar-refractivity contribution < 1.29 is 0 Å². The molecule has 1 unspecified atom stereocenters. The minimum absolute atomic E-state index is 0.508. The van der Waals surface area contributed by atoms with Crippen molar-refractivity contribution in [1.82, 2.24) is 0 Å². The van der Waals surface area contributed by atoms with Crippen molar-refractivity contribution in [3.05, 3.63) is 47.1 Å². The van der Waals surface area contributed by atoms with Gasteiger partial charge in [-0.3, -0.25) is 0 Å². The Morgan fingerprint density at radius 3 is 2.32 bits per heavy atom. The van der Waals surface area contributed by atoms with Gasteiger partial charge < -0.3 is 9.80 Å². The summed E-state index contributed by atoms with van der Waals surface area (Å²) >= 11 is 0. The summed E-state index contributed by atoms with van der Waals surface area (Å²) in [5.41, 5.74) is 5.49. The van der Waals surface area contributed by atoms with E-state index in [1.54, 1.807) is 0 Å². The van der Waals surface area contributed by atoms with Crippen molar-refractivity contribution in [2.75, 3.05) is 16.3 Å². The van der Waals surface area contributed by atoms with Crippen molar-refractivity contribution in [2.24, 2.45) is 0 Å². The smallest absolute Gasteiger partial charge is 0.0733 e. The number of hydrogen-bond acceptors (Lipinski definition) is 2. The van der Waals surface area contributed by atoms with Crippen LogP contribution >= 0.6 is 0 Å². The Hall–Kier alpha value is -1.96. The lowest BCUT2D eigenvalue weighted by Gasteiger charge is -2.43. The summed E-state index contributed by atoms with van der Waals surface area (Å²) < 4.78 is 0. The molecule has 19 heavy (non-hydrogen) atoms. The predicted molar refractivity (Wildman–Crippen MR) is 81.4 cm³/mol. The number of hydrogen-bond donors (Lipinski definition) is 0. The Morgan fingerprint density at radius 2 is 1.58 bits per heavy atom. The van der Waals surface area contributed by atoms with E-state index in [2.05, 4.69) is 67.3 Å². The topological polar surface area (TPSA) is 6.48 Å². The fourth-order valence-corrected chi connectivity index (χ4v) is 3.38. The summed E-state index contributed by atoms with van der Waals surface area (Å²) in [6.07, 6.45) is 8.94. The van der Waals surface area contributed by atoms with Gasteiger partial charge in [-0.05, 0) is 44.1 Å². The van der Waals surface area contributed by atoms with E-state index in [0.29, 0.717) is 6.04 Å². The molecule has 1 atom stereocenters. The second-order valence-electron chi connectivity index (χ2n) is 5.76. The first kappa shape index (κ1) is 10.9. The Bertz CT molecular complexity index is 752. The van der Waals surface area contributed by atoms with Crippen molar-refractivity contribution in [3.63, 3.8) is 0 Å². The molecule has 0 radical (unpaired) electrons. The van der Waals surface area contributed by atoms with Crippen molar-refractivity contribution in [2.45, 2.75) is 26.8 Å². The van der Waals surface area contributed by atoms with E-state index in [-0.39, 0.29) is 0 Å². The maximum absolute atomic E-state index is 2.43. The molecule has 0 saturated heterocycles. The van der Waals surface area contributed by atoms with Crippen molar-refractivity contribution >= 4 is 22.5 Å². The first-order chi connectivity index (χ1) is 9.16. The first-order valence-corrected chi connectivity index (χ1v) is 6.93. The maximum atomic E-state index is 2.43. The van der Waals surface area contributed by atoms with Crippen molar-refractivity contribution in [1.29, 1.82) is 0 Å². The Balaban J connectivity index is 2.20. The molecule has 4 rings (SSSR count). The fourth-order valence-electron chi connectivity index (χ4n) is 3.38. The monoisotopic (exact) mass is 250 g/mol. The van der Waals surface area contributed by atoms with Crippen LogP contribution in [0.2, 0.25) is 0 Å². The largest absolute Gasteiger partial charge is 0.344 e. The minimum Gasteiger partial charge on any atom is -0.344 e. The molecule has 3 aliphatic rings. The van der Waals surface area contributed by atoms with E-state index in [1.807, 2.05) is 0 Å². The molecule has 1 aromatic rings. The third-order valence-electron chi connectivity index (χ3n) is 4.47. The third kappa shape index (κ3) is 1.31. The van der Waals surface area contributed by atoms with Gasteiger partial charge >= 0.3 is 0 Å². The van der Waals surface area contributed by atoms with E-state index in [9.17, 15) is 0 Å². The van der Waals surface area contributed by atoms with Crippen LogP contribution in [0.1, 0.15) is 20.8 Å². The summed E-state index contributed by atoms with van der Waals surface area (Å²) in [5, 5.41) is 2.75. The molecule has 0 N–H and O–H groups in total. The number of anilines is 2. The van der Waals surface area contributed by atoms with Crippen LogP contribution in [0.3, 0.4) is 0 Å². The average molecular weight is 250 g/mol. The molecule has 2 nitrogen and oxygen atoms in total. The molecule has 3 aliphatic heterocycles. The lowest BCUT2D eigenvalue weighted by atomic mass is 9.96. The Morgan fingerprint density at radius 1 is 0.947 bits per heavy atom. The fraction of sp³-hybridized carbons (Fsp3) is 0.294. The zero-order chi connectivity index (χ0) is 13.1. The average Bonchev–Trinajstić information content (AvgIpc) is 2.41. The zero-order valence-electron chi connectivity index (χ0n) is 11.6. The molecule has 0 amide bonds. The van der Waals surface area contributed by atoms with Crippen LogP contribution in [0.5, 0.6) is 0 Å². The molecule has 0 aromatic heterocycles. The lowest BCUT2D eigenvalue weighted by molar-refractivity contribution is 0.671. The van der Waals surface area contributed by atoms with Gasteiger partial charge in [-0.1, -0.05) is 12.1 Å². The van der Waals surface area contributed by atoms with Gasteiger partial charge in [-0.25, -0.2) is 0 Å². The van der Waals surface area contributed by atoms with E-state index >= 15 is 0 Å².